The number of pyridine rings is 1. The van der Waals surface area contributed by atoms with Gasteiger partial charge in [0.2, 0.25) is 0 Å². The SMILES string of the molecule is CN=Cc1ccc(C2CNCC(C)C2)c2cccnc12. The summed E-state index contributed by atoms with van der Waals surface area (Å²) >= 11 is 0. The van der Waals surface area contributed by atoms with Crippen LogP contribution in [0.2, 0.25) is 0 Å². The minimum Gasteiger partial charge on any atom is -0.316 e. The van der Waals surface area contributed by atoms with Gasteiger partial charge in [-0.2, -0.15) is 0 Å². The highest BCUT2D eigenvalue weighted by Crippen LogP contribution is 2.32. The van der Waals surface area contributed by atoms with E-state index in [2.05, 4.69) is 40.4 Å². The molecule has 20 heavy (non-hydrogen) atoms. The molecule has 2 heterocycles. The second kappa shape index (κ2) is 5.71. The van der Waals surface area contributed by atoms with E-state index >= 15 is 0 Å². The van der Waals surface area contributed by atoms with Gasteiger partial charge in [0, 0.05) is 37.0 Å². The first kappa shape index (κ1) is 13.3. The smallest absolute Gasteiger partial charge is 0.0792 e. The number of nitrogens with one attached hydrogen (secondary N) is 1. The summed E-state index contributed by atoms with van der Waals surface area (Å²) in [5.41, 5.74) is 3.58. The van der Waals surface area contributed by atoms with Gasteiger partial charge in [-0.25, -0.2) is 0 Å². The molecule has 0 aliphatic carbocycles. The molecule has 1 aromatic carbocycles. The van der Waals surface area contributed by atoms with Crippen LogP contribution >= 0.6 is 0 Å². The summed E-state index contributed by atoms with van der Waals surface area (Å²) in [6.45, 7) is 4.51. The highest BCUT2D eigenvalue weighted by Gasteiger charge is 2.22. The van der Waals surface area contributed by atoms with Crippen molar-refractivity contribution in [2.45, 2.75) is 19.3 Å². The van der Waals surface area contributed by atoms with Crippen molar-refractivity contribution in [3.8, 4) is 0 Å². The van der Waals surface area contributed by atoms with Gasteiger partial charge in [-0.3, -0.25) is 9.98 Å². The molecule has 3 rings (SSSR count). The van der Waals surface area contributed by atoms with Gasteiger partial charge < -0.3 is 5.32 Å². The van der Waals surface area contributed by atoms with Gasteiger partial charge in [0.1, 0.15) is 0 Å². The second-order valence-electron chi connectivity index (χ2n) is 5.73. The lowest BCUT2D eigenvalue weighted by molar-refractivity contribution is 0.365. The summed E-state index contributed by atoms with van der Waals surface area (Å²) in [6, 6.07) is 8.62. The Morgan fingerprint density at radius 3 is 3.00 bits per heavy atom. The fourth-order valence-electron chi connectivity index (χ4n) is 3.21. The van der Waals surface area contributed by atoms with Crippen molar-refractivity contribution in [1.29, 1.82) is 0 Å². The first-order chi connectivity index (χ1) is 9.79. The Balaban J connectivity index is 2.10. The molecule has 1 aliphatic heterocycles. The lowest BCUT2D eigenvalue weighted by atomic mass is 9.84. The Labute approximate surface area is 120 Å². The summed E-state index contributed by atoms with van der Waals surface area (Å²) in [7, 11) is 1.80. The average Bonchev–Trinajstić information content (AvgIpc) is 2.48. The number of piperidine rings is 1. The Bertz CT molecular complexity index is 633. The summed E-state index contributed by atoms with van der Waals surface area (Å²) < 4.78 is 0. The van der Waals surface area contributed by atoms with E-state index in [0.29, 0.717) is 5.92 Å². The van der Waals surface area contributed by atoms with Crippen molar-refractivity contribution in [3.05, 3.63) is 41.6 Å². The van der Waals surface area contributed by atoms with Crippen LogP contribution in [0.1, 0.15) is 30.4 Å². The van der Waals surface area contributed by atoms with Gasteiger partial charge in [-0.1, -0.05) is 25.1 Å². The standard InChI is InChI=1S/C17H21N3/c1-12-8-14(11-19-9-12)15-6-5-13(10-18-2)17-16(15)4-3-7-20-17/h3-7,10,12,14,19H,8-9,11H2,1-2H3. The molecule has 0 spiro atoms. The maximum absolute atomic E-state index is 4.56. The van der Waals surface area contributed by atoms with Crippen molar-refractivity contribution in [2.24, 2.45) is 10.9 Å². The van der Waals surface area contributed by atoms with Crippen molar-refractivity contribution in [3.63, 3.8) is 0 Å². The molecular weight excluding hydrogens is 246 g/mol. The molecular formula is C17H21N3. The molecule has 2 atom stereocenters. The number of aromatic nitrogens is 1. The molecule has 3 heteroatoms. The zero-order chi connectivity index (χ0) is 13.9. The summed E-state index contributed by atoms with van der Waals surface area (Å²) in [6.07, 6.45) is 5.00. The largest absolute Gasteiger partial charge is 0.316 e. The van der Waals surface area contributed by atoms with Gasteiger partial charge in [-0.05, 0) is 36.4 Å². The van der Waals surface area contributed by atoms with Crippen LogP contribution in [0.25, 0.3) is 10.9 Å². The quantitative estimate of drug-likeness (QED) is 0.849. The van der Waals surface area contributed by atoms with Crippen molar-refractivity contribution < 1.29 is 0 Å². The van der Waals surface area contributed by atoms with E-state index in [1.807, 2.05) is 18.5 Å². The fraction of sp³-hybridized carbons (Fsp3) is 0.412. The molecule has 1 aromatic heterocycles. The summed E-state index contributed by atoms with van der Waals surface area (Å²) in [5, 5.41) is 4.81. The molecule has 1 N–H and O–H groups in total. The number of benzene rings is 1. The van der Waals surface area contributed by atoms with Crippen LogP contribution in [0.5, 0.6) is 0 Å². The summed E-state index contributed by atoms with van der Waals surface area (Å²) in [4.78, 5) is 8.70. The lowest BCUT2D eigenvalue weighted by Gasteiger charge is -2.29. The van der Waals surface area contributed by atoms with E-state index in [1.54, 1.807) is 7.05 Å². The van der Waals surface area contributed by atoms with Crippen molar-refractivity contribution in [1.82, 2.24) is 10.3 Å². The maximum Gasteiger partial charge on any atom is 0.0792 e. The van der Waals surface area contributed by atoms with Crippen LogP contribution < -0.4 is 5.32 Å². The van der Waals surface area contributed by atoms with E-state index in [1.165, 1.54) is 17.4 Å². The van der Waals surface area contributed by atoms with E-state index in [9.17, 15) is 0 Å². The Morgan fingerprint density at radius 1 is 1.30 bits per heavy atom. The maximum atomic E-state index is 4.56. The molecule has 0 amide bonds. The van der Waals surface area contributed by atoms with Crippen LogP contribution in [0.15, 0.2) is 35.5 Å². The van der Waals surface area contributed by atoms with Gasteiger partial charge in [0.15, 0.2) is 0 Å². The van der Waals surface area contributed by atoms with Crippen molar-refractivity contribution in [2.75, 3.05) is 20.1 Å². The minimum absolute atomic E-state index is 0.582. The molecule has 1 saturated heterocycles. The molecule has 0 bridgehead atoms. The normalized spacial score (nSPS) is 23.5. The van der Waals surface area contributed by atoms with Crippen molar-refractivity contribution >= 4 is 17.1 Å². The average molecular weight is 267 g/mol. The second-order valence-corrected chi connectivity index (χ2v) is 5.73. The molecule has 104 valence electrons. The number of hydrogen-bond donors (Lipinski definition) is 1. The molecule has 1 aliphatic rings. The number of nitrogens with zero attached hydrogens (tertiary/aromatic N) is 2. The van der Waals surface area contributed by atoms with Crippen LogP contribution in [-0.4, -0.2) is 31.3 Å². The van der Waals surface area contributed by atoms with Crippen LogP contribution in [0.3, 0.4) is 0 Å². The monoisotopic (exact) mass is 267 g/mol. The van der Waals surface area contributed by atoms with Gasteiger partial charge in [0.05, 0.1) is 5.52 Å². The third kappa shape index (κ3) is 2.46. The van der Waals surface area contributed by atoms with E-state index in [4.69, 9.17) is 0 Å². The number of rotatable bonds is 2. The Hall–Kier alpha value is -1.74. The number of aliphatic imine (C=N–C) groups is 1. The molecule has 0 radical (unpaired) electrons. The first-order valence-corrected chi connectivity index (χ1v) is 7.30. The zero-order valence-electron chi connectivity index (χ0n) is 12.1. The Morgan fingerprint density at radius 2 is 2.20 bits per heavy atom. The predicted molar refractivity (Wildman–Crippen MR) is 84.7 cm³/mol. The predicted octanol–water partition coefficient (Wildman–Crippen LogP) is 3.00. The van der Waals surface area contributed by atoms with E-state index < -0.39 is 0 Å². The van der Waals surface area contributed by atoms with E-state index in [-0.39, 0.29) is 0 Å². The molecule has 2 unspecified atom stereocenters. The summed E-state index contributed by atoms with van der Waals surface area (Å²) in [5.74, 6) is 1.32. The van der Waals surface area contributed by atoms with Gasteiger partial charge in [0.25, 0.3) is 0 Å². The van der Waals surface area contributed by atoms with Crippen LogP contribution in [0.4, 0.5) is 0 Å². The Kier molecular flexibility index (Phi) is 3.79. The highest BCUT2D eigenvalue weighted by molar-refractivity contribution is 5.98. The van der Waals surface area contributed by atoms with Crippen LogP contribution in [0, 0.1) is 5.92 Å². The molecule has 3 nitrogen and oxygen atoms in total. The third-order valence-electron chi connectivity index (χ3n) is 4.11. The van der Waals surface area contributed by atoms with Gasteiger partial charge in [-0.15, -0.1) is 0 Å². The third-order valence-corrected chi connectivity index (χ3v) is 4.11. The number of fused-ring (bicyclic) bond motifs is 1. The van der Waals surface area contributed by atoms with Crippen LogP contribution in [-0.2, 0) is 0 Å². The van der Waals surface area contributed by atoms with Gasteiger partial charge >= 0.3 is 0 Å². The topological polar surface area (TPSA) is 37.3 Å². The zero-order valence-corrected chi connectivity index (χ0v) is 12.1. The fourth-order valence-corrected chi connectivity index (χ4v) is 3.21. The lowest BCUT2D eigenvalue weighted by Crippen LogP contribution is -2.33. The molecule has 0 saturated carbocycles. The first-order valence-electron chi connectivity index (χ1n) is 7.30. The highest BCUT2D eigenvalue weighted by atomic mass is 14.9. The number of hydrogen-bond acceptors (Lipinski definition) is 3. The molecule has 1 fully saturated rings. The van der Waals surface area contributed by atoms with E-state index in [0.717, 1.165) is 30.1 Å². The minimum atomic E-state index is 0.582. The molecule has 2 aromatic rings.